The van der Waals surface area contributed by atoms with Gasteiger partial charge < -0.3 is 5.73 Å². The third-order valence-corrected chi connectivity index (χ3v) is 5.65. The molecule has 1 aliphatic rings. The van der Waals surface area contributed by atoms with E-state index in [9.17, 15) is 17.2 Å². The molecule has 1 aromatic rings. The first-order chi connectivity index (χ1) is 9.14. The summed E-state index contributed by atoms with van der Waals surface area (Å²) in [6, 6.07) is 2.31. The van der Waals surface area contributed by atoms with Crippen molar-refractivity contribution in [2.75, 3.05) is 13.1 Å². The van der Waals surface area contributed by atoms with E-state index in [-0.39, 0.29) is 19.1 Å². The Hall–Kier alpha value is -1.05. The highest BCUT2D eigenvalue weighted by atomic mass is 32.2. The van der Waals surface area contributed by atoms with Crippen LogP contribution in [0.15, 0.2) is 23.1 Å². The van der Waals surface area contributed by atoms with E-state index in [1.165, 1.54) is 4.31 Å². The molecule has 4 nitrogen and oxygen atoms in total. The molecule has 2 rings (SSSR count). The van der Waals surface area contributed by atoms with Crippen molar-refractivity contribution in [3.8, 4) is 0 Å². The van der Waals surface area contributed by atoms with Gasteiger partial charge in [-0.05, 0) is 30.0 Å². The van der Waals surface area contributed by atoms with Crippen molar-refractivity contribution in [2.24, 2.45) is 11.1 Å². The Morgan fingerprint density at radius 2 is 2.00 bits per heavy atom. The molecule has 1 atom stereocenters. The Morgan fingerprint density at radius 1 is 1.35 bits per heavy atom. The molecule has 0 radical (unpaired) electrons. The quantitative estimate of drug-likeness (QED) is 0.905. The number of nitrogens with two attached hydrogens (primary N) is 1. The van der Waals surface area contributed by atoms with Gasteiger partial charge in [-0.25, -0.2) is 17.2 Å². The van der Waals surface area contributed by atoms with E-state index >= 15 is 0 Å². The van der Waals surface area contributed by atoms with Crippen LogP contribution in [0.5, 0.6) is 0 Å². The second-order valence-electron chi connectivity index (χ2n) is 5.80. The van der Waals surface area contributed by atoms with Gasteiger partial charge in [0.2, 0.25) is 10.0 Å². The van der Waals surface area contributed by atoms with Gasteiger partial charge in [-0.15, -0.1) is 0 Å². The highest BCUT2D eigenvalue weighted by molar-refractivity contribution is 7.89. The third-order valence-electron chi connectivity index (χ3n) is 3.79. The predicted molar refractivity (Wildman–Crippen MR) is 71.5 cm³/mol. The van der Waals surface area contributed by atoms with E-state index in [0.29, 0.717) is 12.5 Å². The zero-order chi connectivity index (χ0) is 15.1. The van der Waals surface area contributed by atoms with Crippen LogP contribution < -0.4 is 5.73 Å². The summed E-state index contributed by atoms with van der Waals surface area (Å²) >= 11 is 0. The molecule has 1 saturated heterocycles. The number of sulfonamides is 1. The zero-order valence-electron chi connectivity index (χ0n) is 11.4. The average Bonchev–Trinajstić information content (AvgIpc) is 2.35. The minimum Gasteiger partial charge on any atom is -0.327 e. The van der Waals surface area contributed by atoms with Crippen LogP contribution >= 0.6 is 0 Å². The van der Waals surface area contributed by atoms with Gasteiger partial charge in [0.25, 0.3) is 0 Å². The maximum atomic E-state index is 13.7. The van der Waals surface area contributed by atoms with Crippen molar-refractivity contribution in [3.05, 3.63) is 29.8 Å². The highest BCUT2D eigenvalue weighted by Crippen LogP contribution is 2.32. The van der Waals surface area contributed by atoms with E-state index in [2.05, 4.69) is 0 Å². The molecule has 112 valence electrons. The number of piperidine rings is 1. The van der Waals surface area contributed by atoms with Gasteiger partial charge in [0.15, 0.2) is 0 Å². The first kappa shape index (κ1) is 15.3. The van der Waals surface area contributed by atoms with Gasteiger partial charge in [0.05, 0.1) is 0 Å². The minimum absolute atomic E-state index is 0.119. The Balaban J connectivity index is 2.38. The molecule has 1 unspecified atom stereocenters. The SMILES string of the molecule is CC1(C)CN(S(=O)(=O)c2cc(F)ccc2F)CCC1N. The number of rotatable bonds is 2. The van der Waals surface area contributed by atoms with Gasteiger partial charge in [-0.3, -0.25) is 0 Å². The number of benzene rings is 1. The molecule has 0 amide bonds. The Bertz CT molecular complexity index is 617. The molecular formula is C13H18F2N2O2S. The van der Waals surface area contributed by atoms with Crippen molar-refractivity contribution in [1.82, 2.24) is 4.31 Å². The van der Waals surface area contributed by atoms with Gasteiger partial charge in [0.1, 0.15) is 16.5 Å². The Morgan fingerprint density at radius 3 is 2.60 bits per heavy atom. The fourth-order valence-electron chi connectivity index (χ4n) is 2.34. The maximum Gasteiger partial charge on any atom is 0.246 e. The molecular weight excluding hydrogens is 286 g/mol. The lowest BCUT2D eigenvalue weighted by Crippen LogP contribution is -2.53. The molecule has 1 heterocycles. The van der Waals surface area contributed by atoms with E-state index in [1.807, 2.05) is 13.8 Å². The van der Waals surface area contributed by atoms with Crippen molar-refractivity contribution >= 4 is 10.0 Å². The molecule has 1 aromatic carbocycles. The normalized spacial score (nSPS) is 23.8. The Kier molecular flexibility index (Phi) is 3.88. The summed E-state index contributed by atoms with van der Waals surface area (Å²) in [4.78, 5) is -0.622. The summed E-state index contributed by atoms with van der Waals surface area (Å²) < 4.78 is 52.9. The number of hydrogen-bond acceptors (Lipinski definition) is 3. The monoisotopic (exact) mass is 304 g/mol. The number of nitrogens with zero attached hydrogens (tertiary/aromatic N) is 1. The van der Waals surface area contributed by atoms with Gasteiger partial charge in [0, 0.05) is 19.1 Å². The molecule has 0 saturated carbocycles. The molecule has 7 heteroatoms. The maximum absolute atomic E-state index is 13.7. The first-order valence-corrected chi connectivity index (χ1v) is 7.79. The molecule has 20 heavy (non-hydrogen) atoms. The first-order valence-electron chi connectivity index (χ1n) is 6.35. The predicted octanol–water partition coefficient (Wildman–Crippen LogP) is 1.71. The molecule has 1 fully saturated rings. The summed E-state index contributed by atoms with van der Waals surface area (Å²) in [5.74, 6) is -1.72. The van der Waals surface area contributed by atoms with Crippen LogP contribution in [0.25, 0.3) is 0 Å². The van der Waals surface area contributed by atoms with Crippen molar-refractivity contribution in [1.29, 1.82) is 0 Å². The minimum atomic E-state index is -4.05. The van der Waals surface area contributed by atoms with Crippen LogP contribution in [-0.2, 0) is 10.0 Å². The Labute approximate surface area is 117 Å². The summed E-state index contributed by atoms with van der Waals surface area (Å²) in [6.07, 6.45) is 0.489. The van der Waals surface area contributed by atoms with E-state index < -0.39 is 32.0 Å². The highest BCUT2D eigenvalue weighted by Gasteiger charge is 2.39. The largest absolute Gasteiger partial charge is 0.327 e. The van der Waals surface area contributed by atoms with Crippen LogP contribution in [0.4, 0.5) is 8.78 Å². The summed E-state index contributed by atoms with van der Waals surface area (Å²) in [5.41, 5.74) is 5.55. The van der Waals surface area contributed by atoms with Crippen LogP contribution in [0, 0.1) is 17.0 Å². The van der Waals surface area contributed by atoms with E-state index in [4.69, 9.17) is 5.73 Å². The molecule has 1 aliphatic heterocycles. The molecule has 0 spiro atoms. The number of hydrogen-bond donors (Lipinski definition) is 1. The average molecular weight is 304 g/mol. The van der Waals surface area contributed by atoms with Gasteiger partial charge >= 0.3 is 0 Å². The lowest BCUT2D eigenvalue weighted by atomic mass is 9.81. The zero-order valence-corrected chi connectivity index (χ0v) is 12.3. The second kappa shape index (κ2) is 5.05. The fraction of sp³-hybridized carbons (Fsp3) is 0.538. The molecule has 0 aromatic heterocycles. The van der Waals surface area contributed by atoms with Gasteiger partial charge in [-0.2, -0.15) is 4.31 Å². The summed E-state index contributed by atoms with van der Waals surface area (Å²) in [6.45, 7) is 4.12. The molecule has 2 N–H and O–H groups in total. The van der Waals surface area contributed by atoms with Crippen LogP contribution in [0.1, 0.15) is 20.3 Å². The summed E-state index contributed by atoms with van der Waals surface area (Å²) in [5, 5.41) is 0. The fourth-order valence-corrected chi connectivity index (χ4v) is 4.05. The van der Waals surface area contributed by atoms with E-state index in [0.717, 1.165) is 12.1 Å². The van der Waals surface area contributed by atoms with Crippen molar-refractivity contribution in [3.63, 3.8) is 0 Å². The lowest BCUT2D eigenvalue weighted by Gasteiger charge is -2.41. The number of halogens is 2. The standard InChI is InChI=1S/C13H18F2N2O2S/c1-13(2)8-17(6-5-12(13)16)20(18,19)11-7-9(14)3-4-10(11)15/h3-4,7,12H,5-6,8,16H2,1-2H3. The third kappa shape index (κ3) is 2.70. The van der Waals surface area contributed by atoms with E-state index in [1.54, 1.807) is 0 Å². The lowest BCUT2D eigenvalue weighted by molar-refractivity contribution is 0.155. The van der Waals surface area contributed by atoms with Gasteiger partial charge in [-0.1, -0.05) is 13.8 Å². The topological polar surface area (TPSA) is 63.4 Å². The second-order valence-corrected chi connectivity index (χ2v) is 7.70. The van der Waals surface area contributed by atoms with Crippen LogP contribution in [-0.4, -0.2) is 31.9 Å². The molecule has 0 bridgehead atoms. The van der Waals surface area contributed by atoms with Crippen LogP contribution in [0.2, 0.25) is 0 Å². The molecule has 0 aliphatic carbocycles. The summed E-state index contributed by atoms with van der Waals surface area (Å²) in [7, 11) is -4.05. The van der Waals surface area contributed by atoms with Crippen LogP contribution in [0.3, 0.4) is 0 Å². The smallest absolute Gasteiger partial charge is 0.246 e. The van der Waals surface area contributed by atoms with Crippen molar-refractivity contribution < 1.29 is 17.2 Å². The van der Waals surface area contributed by atoms with Crippen molar-refractivity contribution in [2.45, 2.75) is 31.2 Å².